The Morgan fingerprint density at radius 2 is 1.56 bits per heavy atom. The van der Waals surface area contributed by atoms with E-state index in [9.17, 15) is 16.8 Å². The zero-order valence-corrected chi connectivity index (χ0v) is 12.1. The summed E-state index contributed by atoms with van der Waals surface area (Å²) >= 11 is 5.44. The molecule has 1 rings (SSSR count). The Labute approximate surface area is 115 Å². The first-order valence-electron chi connectivity index (χ1n) is 4.50. The maximum absolute atomic E-state index is 11.7. The zero-order valence-electron chi connectivity index (χ0n) is 8.93. The lowest BCUT2D eigenvalue weighted by Gasteiger charge is -2.06. The maximum Gasteiger partial charge on any atom is 0.261 e. The Morgan fingerprint density at radius 3 is 1.94 bits per heavy atom. The molecular formula is C9H9Cl2NO4S2. The smallest absolute Gasteiger partial charge is 0.207 e. The predicted molar refractivity (Wildman–Crippen MR) is 69.7 cm³/mol. The second kappa shape index (κ2) is 5.58. The van der Waals surface area contributed by atoms with Crippen LogP contribution in [-0.2, 0) is 19.1 Å². The van der Waals surface area contributed by atoms with Crippen LogP contribution in [0.2, 0.25) is 0 Å². The van der Waals surface area contributed by atoms with E-state index in [2.05, 4.69) is 11.3 Å². The lowest BCUT2D eigenvalue weighted by Crippen LogP contribution is -2.24. The van der Waals surface area contributed by atoms with Gasteiger partial charge < -0.3 is 0 Å². The molecule has 0 fully saturated rings. The van der Waals surface area contributed by atoms with Crippen LogP contribution < -0.4 is 4.72 Å². The van der Waals surface area contributed by atoms with Crippen molar-refractivity contribution in [3.8, 4) is 0 Å². The number of nitrogens with one attached hydrogen (secondary N) is 1. The molecule has 0 amide bonds. The van der Waals surface area contributed by atoms with Crippen molar-refractivity contribution in [2.24, 2.45) is 0 Å². The third kappa shape index (κ3) is 4.25. The summed E-state index contributed by atoms with van der Waals surface area (Å²) in [6, 6.07) is 4.47. The summed E-state index contributed by atoms with van der Waals surface area (Å²) in [5.74, 6) is 0. The van der Waals surface area contributed by atoms with E-state index in [0.29, 0.717) is 0 Å². The average molecular weight is 330 g/mol. The molecule has 0 aliphatic carbocycles. The number of benzene rings is 1. The Bertz CT molecular complexity index is 650. The fraction of sp³-hybridized carbons (Fsp3) is 0.111. The molecule has 0 saturated carbocycles. The molecule has 100 valence electrons. The van der Waals surface area contributed by atoms with E-state index < -0.39 is 19.1 Å². The molecule has 0 bridgehead atoms. The van der Waals surface area contributed by atoms with Gasteiger partial charge in [0, 0.05) is 22.3 Å². The minimum absolute atomic E-state index is 0.0931. The lowest BCUT2D eigenvalue weighted by atomic mass is 10.4. The highest BCUT2D eigenvalue weighted by molar-refractivity contribution is 8.13. The van der Waals surface area contributed by atoms with E-state index in [-0.39, 0.29) is 21.4 Å². The fourth-order valence-corrected chi connectivity index (χ4v) is 2.98. The molecule has 1 N–H and O–H groups in total. The van der Waals surface area contributed by atoms with E-state index in [1.807, 2.05) is 0 Å². The number of hydrogen-bond donors (Lipinski definition) is 1. The monoisotopic (exact) mass is 329 g/mol. The molecular weight excluding hydrogens is 321 g/mol. The normalized spacial score (nSPS) is 12.3. The van der Waals surface area contributed by atoms with Crippen LogP contribution in [0.3, 0.4) is 0 Å². The molecule has 9 heteroatoms. The Kier molecular flexibility index (Phi) is 4.79. The van der Waals surface area contributed by atoms with E-state index >= 15 is 0 Å². The van der Waals surface area contributed by atoms with Gasteiger partial charge in [-0.25, -0.2) is 21.6 Å². The van der Waals surface area contributed by atoms with Crippen LogP contribution in [0, 0.1) is 0 Å². The summed E-state index contributed by atoms with van der Waals surface area (Å²) in [7, 11) is -2.51. The fourth-order valence-electron chi connectivity index (χ4n) is 1.04. The highest BCUT2D eigenvalue weighted by Gasteiger charge is 2.16. The van der Waals surface area contributed by atoms with Gasteiger partial charge in [0.25, 0.3) is 9.05 Å². The molecule has 0 radical (unpaired) electrons. The van der Waals surface area contributed by atoms with Crippen molar-refractivity contribution in [3.05, 3.63) is 35.9 Å². The first kappa shape index (κ1) is 15.5. The van der Waals surface area contributed by atoms with E-state index in [4.69, 9.17) is 22.3 Å². The molecule has 0 spiro atoms. The quantitative estimate of drug-likeness (QED) is 0.833. The second-order valence-corrected chi connectivity index (χ2v) is 8.12. The Balaban J connectivity index is 3.02. The van der Waals surface area contributed by atoms with E-state index in [1.165, 1.54) is 0 Å². The Morgan fingerprint density at radius 1 is 1.11 bits per heavy atom. The van der Waals surface area contributed by atoms with Crippen LogP contribution >= 0.6 is 22.3 Å². The van der Waals surface area contributed by atoms with Crippen molar-refractivity contribution in [2.75, 3.05) is 6.54 Å². The van der Waals surface area contributed by atoms with Crippen molar-refractivity contribution < 1.29 is 16.8 Å². The Hall–Kier alpha value is -0.600. The van der Waals surface area contributed by atoms with Gasteiger partial charge in [-0.3, -0.25) is 0 Å². The standard InChI is InChI=1S/C9H9Cl2NO4S2/c1-7(10)6-12-18(15,16)9-4-2-8(3-5-9)17(11,13)14/h2-5,12H,1,6H2. The van der Waals surface area contributed by atoms with Gasteiger partial charge in [0.15, 0.2) is 0 Å². The molecule has 18 heavy (non-hydrogen) atoms. The van der Waals surface area contributed by atoms with Crippen LogP contribution in [0.15, 0.2) is 45.7 Å². The maximum atomic E-state index is 11.7. The van der Waals surface area contributed by atoms with Crippen molar-refractivity contribution in [1.29, 1.82) is 0 Å². The van der Waals surface area contributed by atoms with Gasteiger partial charge in [-0.2, -0.15) is 0 Å². The van der Waals surface area contributed by atoms with Crippen molar-refractivity contribution >= 4 is 41.4 Å². The van der Waals surface area contributed by atoms with Crippen LogP contribution in [0.4, 0.5) is 0 Å². The molecule has 0 heterocycles. The van der Waals surface area contributed by atoms with Crippen LogP contribution in [0.5, 0.6) is 0 Å². The lowest BCUT2D eigenvalue weighted by molar-refractivity contribution is 0.584. The first-order valence-corrected chi connectivity index (χ1v) is 8.67. The second-order valence-electron chi connectivity index (χ2n) is 3.25. The molecule has 0 atom stereocenters. The molecule has 1 aromatic carbocycles. The van der Waals surface area contributed by atoms with Gasteiger partial charge in [0.2, 0.25) is 10.0 Å². The third-order valence-corrected chi connectivity index (χ3v) is 4.79. The molecule has 5 nitrogen and oxygen atoms in total. The van der Waals surface area contributed by atoms with Crippen LogP contribution in [-0.4, -0.2) is 23.4 Å². The molecule has 0 saturated heterocycles. The number of halogens is 2. The van der Waals surface area contributed by atoms with Crippen molar-refractivity contribution in [2.45, 2.75) is 9.79 Å². The number of hydrogen-bond acceptors (Lipinski definition) is 4. The highest BCUT2D eigenvalue weighted by atomic mass is 35.7. The predicted octanol–water partition coefficient (Wildman–Crippen LogP) is 1.64. The van der Waals surface area contributed by atoms with Gasteiger partial charge >= 0.3 is 0 Å². The summed E-state index contributed by atoms with van der Waals surface area (Å²) < 4.78 is 47.6. The minimum Gasteiger partial charge on any atom is -0.207 e. The minimum atomic E-state index is -3.87. The number of sulfonamides is 1. The van der Waals surface area contributed by atoms with Crippen molar-refractivity contribution in [3.63, 3.8) is 0 Å². The topological polar surface area (TPSA) is 80.3 Å². The molecule has 0 unspecified atom stereocenters. The summed E-state index contributed by atoms with van der Waals surface area (Å²) in [6.45, 7) is 3.23. The van der Waals surface area contributed by atoms with Gasteiger partial charge in [-0.1, -0.05) is 18.2 Å². The van der Waals surface area contributed by atoms with E-state index in [0.717, 1.165) is 24.3 Å². The summed E-state index contributed by atoms with van der Waals surface area (Å²) in [4.78, 5) is -0.269. The van der Waals surface area contributed by atoms with Gasteiger partial charge in [0.1, 0.15) is 0 Å². The molecule has 0 aliphatic heterocycles. The van der Waals surface area contributed by atoms with Gasteiger partial charge in [-0.05, 0) is 24.3 Å². The summed E-state index contributed by atoms with van der Waals surface area (Å²) in [5.41, 5.74) is 0. The number of rotatable bonds is 5. The van der Waals surface area contributed by atoms with Crippen LogP contribution in [0.25, 0.3) is 0 Å². The molecule has 0 aliphatic rings. The summed E-state index contributed by atoms with van der Waals surface area (Å²) in [6.07, 6.45) is 0. The molecule has 0 aromatic heterocycles. The SMILES string of the molecule is C=C(Cl)CNS(=O)(=O)c1ccc(S(=O)(=O)Cl)cc1. The van der Waals surface area contributed by atoms with Crippen LogP contribution in [0.1, 0.15) is 0 Å². The third-order valence-electron chi connectivity index (χ3n) is 1.87. The summed E-state index contributed by atoms with van der Waals surface area (Å²) in [5, 5.41) is 0.138. The van der Waals surface area contributed by atoms with Gasteiger partial charge in [-0.15, -0.1) is 0 Å². The first-order chi connectivity index (χ1) is 8.13. The zero-order chi connectivity index (χ0) is 14.0. The van der Waals surface area contributed by atoms with Crippen molar-refractivity contribution in [1.82, 2.24) is 4.72 Å². The average Bonchev–Trinajstić information content (AvgIpc) is 2.26. The highest BCUT2D eigenvalue weighted by Crippen LogP contribution is 2.17. The molecule has 1 aromatic rings. The van der Waals surface area contributed by atoms with E-state index in [1.54, 1.807) is 0 Å². The van der Waals surface area contributed by atoms with Gasteiger partial charge in [0.05, 0.1) is 9.79 Å². The largest absolute Gasteiger partial charge is 0.261 e.